The van der Waals surface area contributed by atoms with Crippen LogP contribution in [0.15, 0.2) is 78.6 Å². The van der Waals surface area contributed by atoms with Gasteiger partial charge in [-0.2, -0.15) is 0 Å². The number of likely N-dealkylation sites (N-methyl/N-ethyl adjacent to an activating group) is 1. The van der Waals surface area contributed by atoms with E-state index in [-0.39, 0.29) is 5.91 Å². The number of hydrogen-bond acceptors (Lipinski definition) is 6. The molecule has 2 aliphatic rings. The van der Waals surface area contributed by atoms with Gasteiger partial charge in [0.2, 0.25) is 5.91 Å². The van der Waals surface area contributed by atoms with Crippen LogP contribution < -0.4 is 15.5 Å². The van der Waals surface area contributed by atoms with Crippen molar-refractivity contribution in [1.82, 2.24) is 14.9 Å². The zero-order chi connectivity index (χ0) is 29.4. The summed E-state index contributed by atoms with van der Waals surface area (Å²) in [6.45, 7) is 10.5. The maximum atomic E-state index is 12.7. The van der Waals surface area contributed by atoms with Crippen molar-refractivity contribution in [2.24, 2.45) is 10.7 Å². The molecule has 0 bridgehead atoms. The second kappa shape index (κ2) is 11.3. The SMILES string of the molecule is C=CC(=O)N1CCc2c(-c3c(-c4ccc(N5CCN(C)CC5)cc4)[nH]c4ncc(/C(=C/N)C(C)=NC)cc34)cccc21. The lowest BCUT2D eigenvalue weighted by Gasteiger charge is -2.34. The lowest BCUT2D eigenvalue weighted by molar-refractivity contribution is -0.114. The van der Waals surface area contributed by atoms with Gasteiger partial charge < -0.3 is 25.4 Å². The molecule has 3 N–H and O–H groups in total. The van der Waals surface area contributed by atoms with Crippen LogP contribution in [0.4, 0.5) is 11.4 Å². The first kappa shape index (κ1) is 27.5. The Balaban J connectivity index is 1.52. The minimum Gasteiger partial charge on any atom is -0.404 e. The molecule has 0 spiro atoms. The van der Waals surface area contributed by atoms with Crippen LogP contribution in [0.25, 0.3) is 39.0 Å². The molecule has 0 aliphatic carbocycles. The second-order valence-corrected chi connectivity index (χ2v) is 11.0. The normalized spacial score (nSPS) is 16.3. The van der Waals surface area contributed by atoms with Gasteiger partial charge in [0.05, 0.1) is 5.69 Å². The van der Waals surface area contributed by atoms with E-state index >= 15 is 0 Å². The quantitative estimate of drug-likeness (QED) is 0.253. The maximum absolute atomic E-state index is 12.7. The number of H-pyrrole nitrogens is 1. The van der Waals surface area contributed by atoms with Crippen LogP contribution in [-0.4, -0.2) is 73.3 Å². The number of fused-ring (bicyclic) bond motifs is 2. The Kier molecular flexibility index (Phi) is 7.39. The predicted octanol–water partition coefficient (Wildman–Crippen LogP) is 5.11. The molecule has 2 aromatic heterocycles. The first-order chi connectivity index (χ1) is 20.4. The number of carbonyl (C=O) groups excluding carboxylic acids is 1. The third-order valence-electron chi connectivity index (χ3n) is 8.62. The molecule has 4 aromatic rings. The Hall–Kier alpha value is -4.69. The summed E-state index contributed by atoms with van der Waals surface area (Å²) in [5.41, 5.74) is 17.0. The van der Waals surface area contributed by atoms with Crippen molar-refractivity contribution in [2.45, 2.75) is 13.3 Å². The number of aromatic amines is 1. The van der Waals surface area contributed by atoms with Crippen molar-refractivity contribution in [2.75, 3.05) is 56.6 Å². The highest BCUT2D eigenvalue weighted by Crippen LogP contribution is 2.44. The number of anilines is 2. The van der Waals surface area contributed by atoms with E-state index in [9.17, 15) is 4.79 Å². The van der Waals surface area contributed by atoms with Gasteiger partial charge >= 0.3 is 0 Å². The Labute approximate surface area is 246 Å². The first-order valence-corrected chi connectivity index (χ1v) is 14.4. The number of allylic oxidation sites excluding steroid dienone is 1. The molecule has 2 aliphatic heterocycles. The number of pyridine rings is 1. The highest BCUT2D eigenvalue weighted by molar-refractivity contribution is 6.23. The van der Waals surface area contributed by atoms with Crippen LogP contribution in [0.2, 0.25) is 0 Å². The number of nitrogens with zero attached hydrogens (tertiary/aromatic N) is 5. The number of aromatic nitrogens is 2. The van der Waals surface area contributed by atoms with Crippen LogP contribution in [0, 0.1) is 0 Å². The number of aliphatic imine (C=N–C) groups is 1. The summed E-state index contributed by atoms with van der Waals surface area (Å²) in [5.74, 6) is -0.0828. The van der Waals surface area contributed by atoms with Gasteiger partial charge in [-0.1, -0.05) is 30.8 Å². The number of nitrogens with two attached hydrogens (primary N) is 1. The molecular formula is C34H37N7O. The summed E-state index contributed by atoms with van der Waals surface area (Å²) >= 11 is 0. The molecule has 0 saturated carbocycles. The van der Waals surface area contributed by atoms with E-state index in [2.05, 4.69) is 69.8 Å². The molecule has 0 unspecified atom stereocenters. The highest BCUT2D eigenvalue weighted by Gasteiger charge is 2.28. The fourth-order valence-corrected chi connectivity index (χ4v) is 6.17. The number of amides is 1. The average Bonchev–Trinajstić information content (AvgIpc) is 3.63. The third-order valence-corrected chi connectivity index (χ3v) is 8.62. The summed E-state index contributed by atoms with van der Waals surface area (Å²) < 4.78 is 0. The zero-order valence-electron chi connectivity index (χ0n) is 24.5. The molecule has 214 valence electrons. The van der Waals surface area contributed by atoms with Crippen molar-refractivity contribution < 1.29 is 4.79 Å². The van der Waals surface area contributed by atoms with E-state index in [0.29, 0.717) is 6.54 Å². The van der Waals surface area contributed by atoms with Gasteiger partial charge in [-0.25, -0.2) is 4.98 Å². The van der Waals surface area contributed by atoms with Gasteiger partial charge in [0.1, 0.15) is 5.65 Å². The summed E-state index contributed by atoms with van der Waals surface area (Å²) in [5, 5.41) is 0.996. The van der Waals surface area contributed by atoms with Crippen LogP contribution in [0.3, 0.4) is 0 Å². The average molecular weight is 560 g/mol. The monoisotopic (exact) mass is 559 g/mol. The van der Waals surface area contributed by atoms with E-state index < -0.39 is 0 Å². The molecule has 0 radical (unpaired) electrons. The van der Waals surface area contributed by atoms with Gasteiger partial charge in [-0.15, -0.1) is 0 Å². The standard InChI is InChI=1S/C34H37N7O/c1-5-31(42)41-14-13-26-27(7-6-8-30(26)41)32-28-19-24(29(20-35)22(2)36-3)21-37-34(28)38-33(32)23-9-11-25(12-10-23)40-17-15-39(4)16-18-40/h5-12,19-21H,1,13-18,35H2,2-4H3,(H,37,38)/b29-20+,36-22?. The van der Waals surface area contributed by atoms with Gasteiger partial charge in [0.25, 0.3) is 0 Å². The largest absolute Gasteiger partial charge is 0.404 e. The van der Waals surface area contributed by atoms with Gasteiger partial charge in [0, 0.05) is 91.3 Å². The van der Waals surface area contributed by atoms with Crippen LogP contribution in [0.5, 0.6) is 0 Å². The lowest BCUT2D eigenvalue weighted by Crippen LogP contribution is -2.44. The summed E-state index contributed by atoms with van der Waals surface area (Å²) in [4.78, 5) is 32.1. The number of carbonyl (C=O) groups is 1. The molecule has 0 atom stereocenters. The van der Waals surface area contributed by atoms with Crippen molar-refractivity contribution in [3.8, 4) is 22.4 Å². The topological polar surface area (TPSA) is 93.9 Å². The zero-order valence-corrected chi connectivity index (χ0v) is 24.5. The number of rotatable bonds is 6. The van der Waals surface area contributed by atoms with E-state index in [4.69, 9.17) is 10.7 Å². The van der Waals surface area contributed by atoms with Crippen molar-refractivity contribution in [3.05, 3.63) is 84.7 Å². The molecule has 1 fully saturated rings. The Morgan fingerprint density at radius 3 is 2.55 bits per heavy atom. The summed E-state index contributed by atoms with van der Waals surface area (Å²) in [7, 11) is 3.94. The first-order valence-electron chi connectivity index (χ1n) is 14.4. The number of benzene rings is 2. The van der Waals surface area contributed by atoms with Crippen molar-refractivity contribution in [1.29, 1.82) is 0 Å². The number of piperazine rings is 1. The lowest BCUT2D eigenvalue weighted by atomic mass is 9.92. The molecule has 2 aromatic carbocycles. The molecule has 8 nitrogen and oxygen atoms in total. The van der Waals surface area contributed by atoms with Crippen molar-refractivity contribution >= 4 is 39.6 Å². The summed E-state index contributed by atoms with van der Waals surface area (Å²) in [6, 6.07) is 17.2. The minimum absolute atomic E-state index is 0.0828. The fraction of sp³-hybridized carbons (Fsp3) is 0.265. The molecule has 8 heteroatoms. The molecule has 1 saturated heterocycles. The van der Waals surface area contributed by atoms with Crippen molar-refractivity contribution in [3.63, 3.8) is 0 Å². The fourth-order valence-electron chi connectivity index (χ4n) is 6.17. The Morgan fingerprint density at radius 2 is 1.86 bits per heavy atom. The summed E-state index contributed by atoms with van der Waals surface area (Å²) in [6.07, 6.45) is 5.59. The molecule has 6 rings (SSSR count). The van der Waals surface area contributed by atoms with Crippen LogP contribution in [-0.2, 0) is 11.2 Å². The number of nitrogens with one attached hydrogen (secondary N) is 1. The maximum Gasteiger partial charge on any atom is 0.250 e. The van der Waals surface area contributed by atoms with Gasteiger partial charge in [0.15, 0.2) is 0 Å². The molecular weight excluding hydrogens is 522 g/mol. The van der Waals surface area contributed by atoms with Crippen LogP contribution in [0.1, 0.15) is 18.1 Å². The second-order valence-electron chi connectivity index (χ2n) is 11.0. The third kappa shape index (κ3) is 4.77. The highest BCUT2D eigenvalue weighted by atomic mass is 16.2. The molecule has 42 heavy (non-hydrogen) atoms. The van der Waals surface area contributed by atoms with E-state index in [1.54, 1.807) is 13.2 Å². The molecule has 4 heterocycles. The molecule has 1 amide bonds. The predicted molar refractivity (Wildman–Crippen MR) is 174 cm³/mol. The van der Waals surface area contributed by atoms with Gasteiger partial charge in [-0.3, -0.25) is 9.79 Å². The Morgan fingerprint density at radius 1 is 1.10 bits per heavy atom. The van der Waals surface area contributed by atoms with E-state index in [1.165, 1.54) is 11.8 Å². The van der Waals surface area contributed by atoms with E-state index in [1.807, 2.05) is 30.2 Å². The van der Waals surface area contributed by atoms with Crippen LogP contribution >= 0.6 is 0 Å². The smallest absolute Gasteiger partial charge is 0.250 e. The van der Waals surface area contributed by atoms with Gasteiger partial charge in [-0.05, 0) is 67.4 Å². The minimum atomic E-state index is -0.0828. The van der Waals surface area contributed by atoms with E-state index in [0.717, 1.165) is 94.1 Å². The Bertz CT molecular complexity index is 1720. The number of hydrogen-bond donors (Lipinski definition) is 2.